The number of amides is 1. The lowest BCUT2D eigenvalue weighted by Crippen LogP contribution is -2.63. The van der Waals surface area contributed by atoms with Crippen molar-refractivity contribution in [3.63, 3.8) is 0 Å². The van der Waals surface area contributed by atoms with Gasteiger partial charge in [-0.05, 0) is 38.9 Å². The number of rotatable bonds is 2. The number of likely N-dealkylation sites (N-methyl/N-ethyl adjacent to an activating group) is 1. The quantitative estimate of drug-likeness (QED) is 0.806. The summed E-state index contributed by atoms with van der Waals surface area (Å²) >= 11 is 0. The van der Waals surface area contributed by atoms with Crippen molar-refractivity contribution in [2.45, 2.75) is 25.3 Å². The number of hydrogen-bond acceptors (Lipinski definition) is 6. The van der Waals surface area contributed by atoms with Gasteiger partial charge in [-0.15, -0.1) is 0 Å². The number of carbonyl (C=O) groups is 1. The van der Waals surface area contributed by atoms with Crippen molar-refractivity contribution < 1.29 is 9.53 Å². The van der Waals surface area contributed by atoms with E-state index in [0.29, 0.717) is 17.1 Å². The van der Waals surface area contributed by atoms with Gasteiger partial charge in [0, 0.05) is 62.5 Å². The van der Waals surface area contributed by atoms with E-state index in [4.69, 9.17) is 4.74 Å². The Morgan fingerprint density at radius 1 is 1.22 bits per heavy atom. The van der Waals surface area contributed by atoms with Crippen LogP contribution in [0.1, 0.15) is 28.9 Å². The molecule has 0 N–H and O–H groups in total. The SMILES string of the molecule is Cc1nc(-c2cccnc2)ncc1C(=O)N1CCN(C)C2(CCOCC2)C1. The Kier molecular flexibility index (Phi) is 4.88. The molecule has 0 atom stereocenters. The summed E-state index contributed by atoms with van der Waals surface area (Å²) in [4.78, 5) is 30.6. The van der Waals surface area contributed by atoms with Crippen LogP contribution in [0.3, 0.4) is 0 Å². The number of ether oxygens (including phenoxy) is 1. The molecule has 1 spiro atoms. The average Bonchev–Trinajstić information content (AvgIpc) is 2.71. The fourth-order valence-electron chi connectivity index (χ4n) is 4.01. The molecule has 7 nitrogen and oxygen atoms in total. The molecular weight excluding hydrogens is 342 g/mol. The third-order valence-electron chi connectivity index (χ3n) is 5.84. The van der Waals surface area contributed by atoms with Gasteiger partial charge in [-0.25, -0.2) is 9.97 Å². The van der Waals surface area contributed by atoms with E-state index in [0.717, 1.165) is 51.3 Å². The second kappa shape index (κ2) is 7.32. The lowest BCUT2D eigenvalue weighted by molar-refractivity contribution is -0.0543. The Morgan fingerprint density at radius 2 is 2.04 bits per heavy atom. The van der Waals surface area contributed by atoms with E-state index < -0.39 is 0 Å². The zero-order valence-corrected chi connectivity index (χ0v) is 15.9. The molecule has 0 bridgehead atoms. The molecule has 0 saturated carbocycles. The van der Waals surface area contributed by atoms with Crippen LogP contribution in [0.4, 0.5) is 0 Å². The highest BCUT2D eigenvalue weighted by Crippen LogP contribution is 2.31. The second-order valence-corrected chi connectivity index (χ2v) is 7.42. The summed E-state index contributed by atoms with van der Waals surface area (Å²) in [6.45, 7) is 5.72. The molecule has 27 heavy (non-hydrogen) atoms. The van der Waals surface area contributed by atoms with Crippen LogP contribution in [0.5, 0.6) is 0 Å². The molecule has 0 radical (unpaired) electrons. The normalized spacial score (nSPS) is 20.0. The highest BCUT2D eigenvalue weighted by molar-refractivity contribution is 5.95. The van der Waals surface area contributed by atoms with Gasteiger partial charge in [0.25, 0.3) is 5.91 Å². The summed E-state index contributed by atoms with van der Waals surface area (Å²) < 4.78 is 5.54. The van der Waals surface area contributed by atoms with Gasteiger partial charge in [0.2, 0.25) is 0 Å². The molecule has 4 rings (SSSR count). The van der Waals surface area contributed by atoms with Gasteiger partial charge in [0.1, 0.15) is 0 Å². The molecule has 0 aliphatic carbocycles. The van der Waals surface area contributed by atoms with Crippen LogP contribution in [0, 0.1) is 6.92 Å². The van der Waals surface area contributed by atoms with Gasteiger partial charge < -0.3 is 9.64 Å². The third-order valence-corrected chi connectivity index (χ3v) is 5.84. The molecule has 2 fully saturated rings. The largest absolute Gasteiger partial charge is 0.381 e. The van der Waals surface area contributed by atoms with E-state index in [1.54, 1.807) is 18.6 Å². The summed E-state index contributed by atoms with van der Waals surface area (Å²) in [5, 5.41) is 0. The summed E-state index contributed by atoms with van der Waals surface area (Å²) in [6.07, 6.45) is 7.02. The summed E-state index contributed by atoms with van der Waals surface area (Å²) in [5.41, 5.74) is 2.15. The Labute approximate surface area is 159 Å². The van der Waals surface area contributed by atoms with E-state index >= 15 is 0 Å². The highest BCUT2D eigenvalue weighted by Gasteiger charge is 2.42. The van der Waals surface area contributed by atoms with Crippen LogP contribution >= 0.6 is 0 Å². The number of carbonyl (C=O) groups excluding carboxylic acids is 1. The minimum atomic E-state index is 0.0178. The molecule has 142 valence electrons. The minimum absolute atomic E-state index is 0.0178. The molecule has 2 aromatic rings. The van der Waals surface area contributed by atoms with Gasteiger partial charge >= 0.3 is 0 Å². The van der Waals surface area contributed by atoms with Crippen molar-refractivity contribution in [1.29, 1.82) is 0 Å². The maximum Gasteiger partial charge on any atom is 0.257 e. The maximum absolute atomic E-state index is 13.2. The second-order valence-electron chi connectivity index (χ2n) is 7.42. The van der Waals surface area contributed by atoms with Crippen molar-refractivity contribution in [2.24, 2.45) is 0 Å². The van der Waals surface area contributed by atoms with Crippen LogP contribution in [-0.4, -0.2) is 76.1 Å². The van der Waals surface area contributed by atoms with Crippen LogP contribution in [0.2, 0.25) is 0 Å². The Bertz CT molecular complexity index is 820. The fraction of sp³-hybridized carbons (Fsp3) is 0.500. The standard InChI is InChI=1S/C20H25N5O2/c1-15-17(13-22-18(23-15)16-4-3-7-21-12-16)19(26)25-9-8-24(2)20(14-25)5-10-27-11-6-20/h3-4,7,12-13H,5-6,8-11,14H2,1-2H3. The Hall–Kier alpha value is -2.38. The molecule has 4 heterocycles. The number of aromatic nitrogens is 3. The van der Waals surface area contributed by atoms with E-state index in [1.807, 2.05) is 24.0 Å². The Balaban J connectivity index is 1.56. The molecule has 2 saturated heterocycles. The third kappa shape index (κ3) is 3.44. The predicted octanol–water partition coefficient (Wildman–Crippen LogP) is 1.78. The number of aryl methyl sites for hydroxylation is 1. The van der Waals surface area contributed by atoms with Gasteiger partial charge in [0.05, 0.1) is 11.3 Å². The number of hydrogen-bond donors (Lipinski definition) is 0. The van der Waals surface area contributed by atoms with Gasteiger partial charge in [-0.2, -0.15) is 0 Å². The summed E-state index contributed by atoms with van der Waals surface area (Å²) in [6, 6.07) is 3.77. The highest BCUT2D eigenvalue weighted by atomic mass is 16.5. The van der Waals surface area contributed by atoms with Crippen molar-refractivity contribution in [2.75, 3.05) is 39.9 Å². The zero-order chi connectivity index (χ0) is 18.9. The molecule has 7 heteroatoms. The summed E-state index contributed by atoms with van der Waals surface area (Å²) in [5.74, 6) is 0.612. The van der Waals surface area contributed by atoms with E-state index in [1.165, 1.54) is 0 Å². The van der Waals surface area contributed by atoms with E-state index in [9.17, 15) is 4.79 Å². The fourth-order valence-corrected chi connectivity index (χ4v) is 4.01. The van der Waals surface area contributed by atoms with E-state index in [-0.39, 0.29) is 11.4 Å². The lowest BCUT2D eigenvalue weighted by Gasteiger charge is -2.51. The van der Waals surface area contributed by atoms with Crippen molar-refractivity contribution in [1.82, 2.24) is 24.8 Å². The first-order valence-electron chi connectivity index (χ1n) is 9.41. The smallest absolute Gasteiger partial charge is 0.257 e. The Morgan fingerprint density at radius 3 is 2.74 bits per heavy atom. The molecule has 0 unspecified atom stereocenters. The summed E-state index contributed by atoms with van der Waals surface area (Å²) in [7, 11) is 2.16. The first-order valence-corrected chi connectivity index (χ1v) is 9.41. The minimum Gasteiger partial charge on any atom is -0.381 e. The first-order chi connectivity index (χ1) is 13.1. The van der Waals surface area contributed by atoms with Gasteiger partial charge in [-0.3, -0.25) is 14.7 Å². The van der Waals surface area contributed by atoms with E-state index in [2.05, 4.69) is 26.9 Å². The zero-order valence-electron chi connectivity index (χ0n) is 15.9. The number of piperazine rings is 1. The van der Waals surface area contributed by atoms with Crippen molar-refractivity contribution in [3.8, 4) is 11.4 Å². The van der Waals surface area contributed by atoms with Crippen molar-refractivity contribution in [3.05, 3.63) is 42.0 Å². The molecule has 2 aliphatic heterocycles. The molecule has 1 amide bonds. The number of nitrogens with zero attached hydrogens (tertiary/aromatic N) is 5. The molecular formula is C20H25N5O2. The first kappa shape index (κ1) is 18.0. The van der Waals surface area contributed by atoms with Crippen LogP contribution in [0.25, 0.3) is 11.4 Å². The number of pyridine rings is 1. The monoisotopic (exact) mass is 367 g/mol. The van der Waals surface area contributed by atoms with Gasteiger partial charge in [-0.1, -0.05) is 0 Å². The van der Waals surface area contributed by atoms with Crippen LogP contribution < -0.4 is 0 Å². The van der Waals surface area contributed by atoms with Gasteiger partial charge in [0.15, 0.2) is 5.82 Å². The molecule has 0 aromatic carbocycles. The molecule has 2 aliphatic rings. The van der Waals surface area contributed by atoms with Crippen LogP contribution in [0.15, 0.2) is 30.7 Å². The lowest BCUT2D eigenvalue weighted by atomic mass is 9.85. The maximum atomic E-state index is 13.2. The van der Waals surface area contributed by atoms with Crippen LogP contribution in [-0.2, 0) is 4.74 Å². The predicted molar refractivity (Wildman–Crippen MR) is 101 cm³/mol. The molecule has 2 aromatic heterocycles. The topological polar surface area (TPSA) is 71.5 Å². The average molecular weight is 367 g/mol. The van der Waals surface area contributed by atoms with Crippen molar-refractivity contribution >= 4 is 5.91 Å².